The second kappa shape index (κ2) is 5.92. The Kier molecular flexibility index (Phi) is 4.40. The summed E-state index contributed by atoms with van der Waals surface area (Å²) >= 11 is 0. The van der Waals surface area contributed by atoms with E-state index in [1.165, 1.54) is 19.1 Å². The second-order valence-corrected chi connectivity index (χ2v) is 6.70. The van der Waals surface area contributed by atoms with Crippen molar-refractivity contribution in [3.05, 3.63) is 35.4 Å². The Bertz CT molecular complexity index is 636. The molecule has 0 spiro atoms. The Morgan fingerprint density at radius 1 is 1.19 bits per heavy atom. The van der Waals surface area contributed by atoms with Crippen molar-refractivity contribution in [2.45, 2.75) is 13.0 Å². The van der Waals surface area contributed by atoms with Gasteiger partial charge >= 0.3 is 0 Å². The largest absolute Gasteiger partial charge is 0.395 e. The maximum absolute atomic E-state index is 12.1. The summed E-state index contributed by atoms with van der Waals surface area (Å²) in [5, 5.41) is 8.83. The van der Waals surface area contributed by atoms with Crippen molar-refractivity contribution in [2.24, 2.45) is 0 Å². The highest BCUT2D eigenvalue weighted by Crippen LogP contribution is 2.22. The third kappa shape index (κ3) is 3.29. The van der Waals surface area contributed by atoms with E-state index in [2.05, 4.69) is 4.72 Å². The molecule has 2 N–H and O–H groups in total. The average molecular weight is 312 g/mol. The minimum absolute atomic E-state index is 0.222. The number of fused-ring (bicyclic) bond motifs is 1. The van der Waals surface area contributed by atoms with Crippen LogP contribution in [0.5, 0.6) is 0 Å². The van der Waals surface area contributed by atoms with Crippen molar-refractivity contribution < 1.29 is 23.1 Å². The van der Waals surface area contributed by atoms with E-state index in [1.807, 2.05) is 0 Å². The zero-order valence-electron chi connectivity index (χ0n) is 11.4. The summed E-state index contributed by atoms with van der Waals surface area (Å²) in [6.45, 7) is 0.964. The Hall–Kier alpha value is -1.77. The van der Waals surface area contributed by atoms with E-state index in [0.29, 0.717) is 0 Å². The summed E-state index contributed by atoms with van der Waals surface area (Å²) < 4.78 is 25.8. The number of hydrogen-bond acceptors (Lipinski definition) is 5. The molecule has 2 amide bonds. The predicted molar refractivity (Wildman–Crippen MR) is 75.3 cm³/mol. The van der Waals surface area contributed by atoms with Gasteiger partial charge in [-0.05, 0) is 19.1 Å². The average Bonchev–Trinajstić information content (AvgIpc) is 2.69. The van der Waals surface area contributed by atoms with Gasteiger partial charge in [0.15, 0.2) is 0 Å². The molecule has 0 fully saturated rings. The van der Waals surface area contributed by atoms with Gasteiger partial charge in [0.05, 0.1) is 23.5 Å². The van der Waals surface area contributed by atoms with Crippen LogP contribution in [0.25, 0.3) is 0 Å². The number of carbonyl (C=O) groups is 2. The lowest BCUT2D eigenvalue weighted by Crippen LogP contribution is -2.41. The summed E-state index contributed by atoms with van der Waals surface area (Å²) in [6, 6.07) is 5.76. The number of sulfonamides is 1. The standard InChI is InChI=1S/C13H16N2O5S/c1-9(8-16)14-21(19,20)7-6-15-12(17)10-4-2-3-5-11(10)13(15)18/h2-5,9,14,16H,6-8H2,1H3/t9-/m0/s1. The molecular formula is C13H16N2O5S. The molecule has 0 saturated carbocycles. The molecule has 114 valence electrons. The number of benzene rings is 1. The smallest absolute Gasteiger partial charge is 0.261 e. The van der Waals surface area contributed by atoms with Crippen molar-refractivity contribution >= 4 is 21.8 Å². The number of hydrogen-bond donors (Lipinski definition) is 2. The number of aliphatic hydroxyl groups is 1. The van der Waals surface area contributed by atoms with Crippen molar-refractivity contribution in [1.29, 1.82) is 0 Å². The van der Waals surface area contributed by atoms with Crippen LogP contribution in [0.4, 0.5) is 0 Å². The van der Waals surface area contributed by atoms with Crippen molar-refractivity contribution in [3.8, 4) is 0 Å². The molecule has 21 heavy (non-hydrogen) atoms. The number of rotatable bonds is 6. The molecule has 0 unspecified atom stereocenters. The number of amides is 2. The quantitative estimate of drug-likeness (QED) is 0.695. The van der Waals surface area contributed by atoms with Crippen LogP contribution in [0.2, 0.25) is 0 Å². The molecule has 0 bridgehead atoms. The summed E-state index contributed by atoms with van der Waals surface area (Å²) in [4.78, 5) is 25.0. The van der Waals surface area contributed by atoms with E-state index in [9.17, 15) is 18.0 Å². The van der Waals surface area contributed by atoms with Crippen LogP contribution in [-0.4, -0.2) is 55.2 Å². The molecule has 1 atom stereocenters. The van der Waals surface area contributed by atoms with Crippen LogP contribution in [0, 0.1) is 0 Å². The lowest BCUT2D eigenvalue weighted by molar-refractivity contribution is 0.0664. The van der Waals surface area contributed by atoms with Gasteiger partial charge in [-0.1, -0.05) is 12.1 Å². The van der Waals surface area contributed by atoms with Gasteiger partial charge in [-0.25, -0.2) is 13.1 Å². The highest BCUT2D eigenvalue weighted by molar-refractivity contribution is 7.89. The maximum atomic E-state index is 12.1. The van der Waals surface area contributed by atoms with E-state index in [4.69, 9.17) is 5.11 Å². The number of aliphatic hydroxyl groups excluding tert-OH is 1. The fraction of sp³-hybridized carbons (Fsp3) is 0.385. The van der Waals surface area contributed by atoms with Crippen LogP contribution < -0.4 is 4.72 Å². The number of nitrogens with one attached hydrogen (secondary N) is 1. The van der Waals surface area contributed by atoms with Gasteiger partial charge in [0, 0.05) is 12.6 Å². The first-order chi connectivity index (χ1) is 9.85. The predicted octanol–water partition coefficient (Wildman–Crippen LogP) is -0.417. The normalized spacial score (nSPS) is 16.2. The molecule has 2 rings (SSSR count). The molecule has 0 radical (unpaired) electrons. The summed E-state index contributed by atoms with van der Waals surface area (Å²) in [6.07, 6.45) is 0. The lowest BCUT2D eigenvalue weighted by atomic mass is 10.1. The Labute approximate surface area is 122 Å². The van der Waals surface area contributed by atoms with Gasteiger partial charge in [-0.2, -0.15) is 0 Å². The topological polar surface area (TPSA) is 104 Å². The molecule has 1 heterocycles. The van der Waals surface area contributed by atoms with E-state index in [0.717, 1.165) is 4.90 Å². The van der Waals surface area contributed by atoms with E-state index >= 15 is 0 Å². The molecule has 0 saturated heterocycles. The third-order valence-electron chi connectivity index (χ3n) is 3.12. The van der Waals surface area contributed by atoms with Gasteiger partial charge in [-0.15, -0.1) is 0 Å². The monoisotopic (exact) mass is 312 g/mol. The van der Waals surface area contributed by atoms with Crippen LogP contribution in [0.1, 0.15) is 27.6 Å². The molecule has 1 aliphatic rings. The van der Waals surface area contributed by atoms with Gasteiger partial charge in [0.2, 0.25) is 10.0 Å². The molecule has 8 heteroatoms. The maximum Gasteiger partial charge on any atom is 0.261 e. The zero-order valence-corrected chi connectivity index (χ0v) is 12.3. The number of nitrogens with zero attached hydrogens (tertiary/aromatic N) is 1. The second-order valence-electron chi connectivity index (χ2n) is 4.83. The summed E-state index contributed by atoms with van der Waals surface area (Å²) in [5.41, 5.74) is 0.577. The fourth-order valence-corrected chi connectivity index (χ4v) is 3.28. The van der Waals surface area contributed by atoms with E-state index in [-0.39, 0.29) is 24.3 Å². The van der Waals surface area contributed by atoms with Gasteiger partial charge in [0.25, 0.3) is 11.8 Å². The van der Waals surface area contributed by atoms with Crippen molar-refractivity contribution in [3.63, 3.8) is 0 Å². The van der Waals surface area contributed by atoms with Crippen LogP contribution in [0.15, 0.2) is 24.3 Å². The van der Waals surface area contributed by atoms with Crippen LogP contribution in [-0.2, 0) is 10.0 Å². The molecule has 1 aromatic carbocycles. The van der Waals surface area contributed by atoms with E-state index in [1.54, 1.807) is 12.1 Å². The molecule has 1 aromatic rings. The summed E-state index contributed by atoms with van der Waals surface area (Å²) in [7, 11) is -3.67. The molecule has 1 aliphatic heterocycles. The molecule has 7 nitrogen and oxygen atoms in total. The van der Waals surface area contributed by atoms with Gasteiger partial charge < -0.3 is 5.11 Å². The van der Waals surface area contributed by atoms with Gasteiger partial charge in [-0.3, -0.25) is 14.5 Å². The first kappa shape index (κ1) is 15.6. The highest BCUT2D eigenvalue weighted by atomic mass is 32.2. The van der Waals surface area contributed by atoms with Crippen molar-refractivity contribution in [1.82, 2.24) is 9.62 Å². The Balaban J connectivity index is 2.06. The number of imide groups is 1. The molecule has 0 aliphatic carbocycles. The third-order valence-corrected chi connectivity index (χ3v) is 4.60. The van der Waals surface area contributed by atoms with Crippen LogP contribution >= 0.6 is 0 Å². The summed E-state index contributed by atoms with van der Waals surface area (Å²) in [5.74, 6) is -1.37. The van der Waals surface area contributed by atoms with Gasteiger partial charge in [0.1, 0.15) is 0 Å². The highest BCUT2D eigenvalue weighted by Gasteiger charge is 2.35. The Morgan fingerprint density at radius 2 is 1.71 bits per heavy atom. The molecule has 0 aromatic heterocycles. The lowest BCUT2D eigenvalue weighted by Gasteiger charge is -2.16. The first-order valence-corrected chi connectivity index (χ1v) is 8.07. The van der Waals surface area contributed by atoms with E-state index < -0.39 is 33.6 Å². The number of carbonyl (C=O) groups excluding carboxylic acids is 2. The SMILES string of the molecule is C[C@@H](CO)NS(=O)(=O)CCN1C(=O)c2ccccc2C1=O. The Morgan fingerprint density at radius 3 is 2.19 bits per heavy atom. The molecular weight excluding hydrogens is 296 g/mol. The minimum Gasteiger partial charge on any atom is -0.395 e. The van der Waals surface area contributed by atoms with Crippen molar-refractivity contribution in [2.75, 3.05) is 18.9 Å². The fourth-order valence-electron chi connectivity index (χ4n) is 2.06. The zero-order chi connectivity index (χ0) is 15.6. The van der Waals surface area contributed by atoms with Crippen LogP contribution in [0.3, 0.4) is 0 Å². The first-order valence-electron chi connectivity index (χ1n) is 6.42. The minimum atomic E-state index is -3.67.